The summed E-state index contributed by atoms with van der Waals surface area (Å²) >= 11 is 4.98. The van der Waals surface area contributed by atoms with Crippen LogP contribution >= 0.6 is 12.6 Å². The van der Waals surface area contributed by atoms with Gasteiger partial charge in [0.1, 0.15) is 7.85 Å². The van der Waals surface area contributed by atoms with E-state index in [0.717, 1.165) is 23.4 Å². The molecule has 3 aliphatic carbocycles. The van der Waals surface area contributed by atoms with E-state index in [1.807, 2.05) is 0 Å². The standard InChI is InChI=1S/C57H56BNS/c1-34-29-47-48(56(5,6)28-27-55(47,3)4)32-42(34)51-35(2)59(50-26-24-39(60)31-43(50)37-19-13-10-14-20-37)54-52-41-21-15-16-22-46(41)57(7,8)49(52)33-45(53(54)58)40-25-23-38(30-44(40)51)36-17-11-9-12-18-36/h10-11,13-26,29-33,60H,9,12,27-28,58H2,1-8H3/b51-35-. The van der Waals surface area contributed by atoms with Crippen molar-refractivity contribution in [1.82, 2.24) is 0 Å². The van der Waals surface area contributed by atoms with Gasteiger partial charge in [-0.15, -0.1) is 12.6 Å². The molecule has 298 valence electrons. The Kier molecular flexibility index (Phi) is 9.02. The second kappa shape index (κ2) is 13.9. The third kappa shape index (κ3) is 5.90. The number of hydrogen-bond donors (Lipinski definition) is 1. The fraction of sp³-hybridized carbons (Fsp3) is 0.263. The fourth-order valence-electron chi connectivity index (χ4n) is 11.2. The minimum absolute atomic E-state index is 0.0609. The minimum Gasteiger partial charge on any atom is -0.313 e. The molecule has 0 aromatic heterocycles. The highest BCUT2D eigenvalue weighted by Gasteiger charge is 2.42. The van der Waals surface area contributed by atoms with Crippen LogP contribution in [0.5, 0.6) is 0 Å². The van der Waals surface area contributed by atoms with Crippen molar-refractivity contribution >= 4 is 48.5 Å². The summed E-state index contributed by atoms with van der Waals surface area (Å²) in [5.41, 5.74) is 26.1. The van der Waals surface area contributed by atoms with E-state index in [1.54, 1.807) is 0 Å². The van der Waals surface area contributed by atoms with E-state index in [-0.39, 0.29) is 16.2 Å². The van der Waals surface area contributed by atoms with E-state index in [9.17, 15) is 0 Å². The van der Waals surface area contributed by atoms with E-state index in [2.05, 4.69) is 196 Å². The van der Waals surface area contributed by atoms with Crippen LogP contribution in [0.25, 0.3) is 44.5 Å². The largest absolute Gasteiger partial charge is 0.313 e. The molecule has 0 N–H and O–H groups in total. The third-order valence-electron chi connectivity index (χ3n) is 14.7. The molecule has 0 atom stereocenters. The zero-order valence-electron chi connectivity index (χ0n) is 36.8. The van der Waals surface area contributed by atoms with Crippen LogP contribution in [0.1, 0.15) is 119 Å². The van der Waals surface area contributed by atoms with Crippen molar-refractivity contribution in [3.05, 3.63) is 178 Å². The topological polar surface area (TPSA) is 3.24 Å². The Morgan fingerprint density at radius 1 is 0.583 bits per heavy atom. The van der Waals surface area contributed by atoms with Gasteiger partial charge < -0.3 is 4.90 Å². The molecule has 6 aromatic carbocycles. The van der Waals surface area contributed by atoms with E-state index in [0.29, 0.717) is 0 Å². The van der Waals surface area contributed by atoms with Crippen LogP contribution in [-0.4, -0.2) is 7.85 Å². The SMILES string of the molecule is Bc1c2cc3c(c1N(c1ccc(S)cc1-c1ccccc1)/C(C)=C(/c1cc4c(cc1C)C(C)(C)CCC4(C)C)c1cc(C4=CCCC=C4)ccc1-2)-c1ccccc1C3(C)C. The van der Waals surface area contributed by atoms with Gasteiger partial charge in [-0.05, 0) is 153 Å². The maximum absolute atomic E-state index is 4.98. The third-order valence-corrected chi connectivity index (χ3v) is 15.0. The van der Waals surface area contributed by atoms with Gasteiger partial charge >= 0.3 is 0 Å². The molecule has 1 aliphatic heterocycles. The summed E-state index contributed by atoms with van der Waals surface area (Å²) < 4.78 is 0. The Balaban J connectivity index is 1.40. The molecule has 6 aromatic rings. The zero-order chi connectivity index (χ0) is 41.9. The van der Waals surface area contributed by atoms with Crippen molar-refractivity contribution in [3.8, 4) is 33.4 Å². The summed E-state index contributed by atoms with van der Waals surface area (Å²) in [6, 6.07) is 41.9. The van der Waals surface area contributed by atoms with Crippen molar-refractivity contribution in [2.24, 2.45) is 0 Å². The quantitative estimate of drug-likeness (QED) is 0.137. The number of hydrogen-bond acceptors (Lipinski definition) is 2. The molecule has 0 unspecified atom stereocenters. The molecule has 0 amide bonds. The highest BCUT2D eigenvalue weighted by Crippen LogP contribution is 2.57. The van der Waals surface area contributed by atoms with E-state index >= 15 is 0 Å². The van der Waals surface area contributed by atoms with Crippen LogP contribution in [0.15, 0.2) is 138 Å². The first kappa shape index (κ1) is 38.9. The predicted octanol–water partition coefficient (Wildman–Crippen LogP) is 14.2. The Bertz CT molecular complexity index is 2880. The fourth-order valence-corrected chi connectivity index (χ4v) is 11.4. The molecule has 60 heavy (non-hydrogen) atoms. The molecule has 4 aliphatic rings. The lowest BCUT2D eigenvalue weighted by molar-refractivity contribution is 0.331. The second-order valence-corrected chi connectivity index (χ2v) is 20.3. The average Bonchev–Trinajstić information content (AvgIpc) is 3.47. The van der Waals surface area contributed by atoms with Gasteiger partial charge in [0.05, 0.1) is 5.69 Å². The number of anilines is 2. The summed E-state index contributed by atoms with van der Waals surface area (Å²) in [5, 5.41) is 0. The van der Waals surface area contributed by atoms with Gasteiger partial charge in [-0.3, -0.25) is 0 Å². The Hall–Kier alpha value is -5.25. The molecule has 0 spiro atoms. The van der Waals surface area contributed by atoms with Crippen molar-refractivity contribution in [2.45, 2.75) is 102 Å². The number of benzene rings is 6. The molecule has 3 heteroatoms. The van der Waals surface area contributed by atoms with Crippen LogP contribution in [0.4, 0.5) is 11.4 Å². The zero-order valence-corrected chi connectivity index (χ0v) is 37.7. The number of aryl methyl sites for hydroxylation is 1. The normalized spacial score (nSPS) is 19.1. The monoisotopic (exact) mass is 797 g/mol. The Morgan fingerprint density at radius 3 is 2.02 bits per heavy atom. The lowest BCUT2D eigenvalue weighted by Crippen LogP contribution is -2.34. The molecule has 10 rings (SSSR count). The van der Waals surface area contributed by atoms with E-state index in [4.69, 9.17) is 12.6 Å². The predicted molar refractivity (Wildman–Crippen MR) is 263 cm³/mol. The number of allylic oxidation sites excluding steroid dienone is 5. The molecule has 0 fully saturated rings. The maximum atomic E-state index is 4.98. The summed E-state index contributed by atoms with van der Waals surface area (Å²) in [6.07, 6.45) is 11.6. The van der Waals surface area contributed by atoms with Gasteiger partial charge in [-0.1, -0.05) is 144 Å². The van der Waals surface area contributed by atoms with Gasteiger partial charge in [0, 0.05) is 38.4 Å². The summed E-state index contributed by atoms with van der Waals surface area (Å²) in [7, 11) is 2.37. The molecule has 1 heterocycles. The first-order chi connectivity index (χ1) is 28.7. The Labute approximate surface area is 364 Å². The van der Waals surface area contributed by atoms with E-state index in [1.165, 1.54) is 119 Å². The minimum atomic E-state index is -0.184. The number of rotatable bonds is 4. The summed E-state index contributed by atoms with van der Waals surface area (Å²) in [6.45, 7) is 19.4. The van der Waals surface area contributed by atoms with Gasteiger partial charge in [-0.25, -0.2) is 0 Å². The molecule has 1 nitrogen and oxygen atoms in total. The Morgan fingerprint density at radius 2 is 1.28 bits per heavy atom. The number of nitrogens with zero attached hydrogens (tertiary/aromatic N) is 1. The first-order valence-electron chi connectivity index (χ1n) is 22.0. The van der Waals surface area contributed by atoms with Crippen molar-refractivity contribution in [3.63, 3.8) is 0 Å². The molecule has 0 saturated heterocycles. The molecule has 2 bridgehead atoms. The highest BCUT2D eigenvalue weighted by atomic mass is 32.1. The molecular weight excluding hydrogens is 742 g/mol. The summed E-state index contributed by atoms with van der Waals surface area (Å²) in [4.78, 5) is 3.61. The van der Waals surface area contributed by atoms with Crippen LogP contribution in [0.2, 0.25) is 0 Å². The lowest BCUT2D eigenvalue weighted by Gasteiger charge is -2.43. The van der Waals surface area contributed by atoms with Crippen LogP contribution in [-0.2, 0) is 16.2 Å². The maximum Gasteiger partial charge on any atom is 0.142 e. The van der Waals surface area contributed by atoms with Crippen LogP contribution in [0, 0.1) is 6.92 Å². The smallest absolute Gasteiger partial charge is 0.142 e. The van der Waals surface area contributed by atoms with Crippen molar-refractivity contribution in [2.75, 3.05) is 4.90 Å². The first-order valence-corrected chi connectivity index (χ1v) is 22.5. The molecular formula is C57H56BNS. The van der Waals surface area contributed by atoms with Gasteiger partial charge in [0.25, 0.3) is 0 Å². The number of thiol groups is 1. The van der Waals surface area contributed by atoms with Gasteiger partial charge in [0.15, 0.2) is 0 Å². The van der Waals surface area contributed by atoms with Crippen molar-refractivity contribution < 1.29 is 0 Å². The second-order valence-electron chi connectivity index (χ2n) is 19.7. The van der Waals surface area contributed by atoms with Gasteiger partial charge in [0.2, 0.25) is 0 Å². The molecule has 0 radical (unpaired) electrons. The van der Waals surface area contributed by atoms with Crippen LogP contribution < -0.4 is 10.4 Å². The van der Waals surface area contributed by atoms with Crippen LogP contribution in [0.3, 0.4) is 0 Å². The average molecular weight is 798 g/mol. The van der Waals surface area contributed by atoms with Gasteiger partial charge in [-0.2, -0.15) is 0 Å². The number of fused-ring (bicyclic) bond motifs is 9. The molecule has 0 saturated carbocycles. The summed E-state index contributed by atoms with van der Waals surface area (Å²) in [5.74, 6) is 0. The lowest BCUT2D eigenvalue weighted by atomic mass is 9.62. The van der Waals surface area contributed by atoms with Crippen molar-refractivity contribution in [1.29, 1.82) is 0 Å². The van der Waals surface area contributed by atoms with E-state index < -0.39 is 0 Å². The highest BCUT2D eigenvalue weighted by molar-refractivity contribution is 7.80.